The van der Waals surface area contributed by atoms with Crippen molar-refractivity contribution in [2.45, 2.75) is 18.0 Å². The lowest BCUT2D eigenvalue weighted by atomic mass is 9.78. The molecule has 184 valence electrons. The van der Waals surface area contributed by atoms with Crippen molar-refractivity contribution in [3.8, 4) is 11.5 Å². The SMILES string of the molecule is COC(=O)[C@]1(CCSC)N[C@@H](c2ccc(F)cc2)[C@H]2C(=O)N(c3ccc4c(c3)OCCO4)C(=O)[C@H]21. The first kappa shape index (κ1) is 23.6. The number of thioether (sulfide) groups is 1. The topological polar surface area (TPSA) is 94.2 Å². The number of benzene rings is 2. The van der Waals surface area contributed by atoms with Crippen LogP contribution in [0, 0.1) is 17.7 Å². The summed E-state index contributed by atoms with van der Waals surface area (Å²) in [4.78, 5) is 42.1. The van der Waals surface area contributed by atoms with Crippen molar-refractivity contribution in [3.63, 3.8) is 0 Å². The number of hydrogen-bond donors (Lipinski definition) is 1. The number of anilines is 1. The Hall–Kier alpha value is -3.11. The van der Waals surface area contributed by atoms with Crippen molar-refractivity contribution in [1.29, 1.82) is 0 Å². The Kier molecular flexibility index (Phi) is 6.18. The molecule has 2 amide bonds. The second-order valence-electron chi connectivity index (χ2n) is 8.72. The summed E-state index contributed by atoms with van der Waals surface area (Å²) in [6.07, 6.45) is 2.19. The number of rotatable bonds is 6. The lowest BCUT2D eigenvalue weighted by Crippen LogP contribution is -2.56. The van der Waals surface area contributed by atoms with Gasteiger partial charge in [0.05, 0.1) is 24.6 Å². The van der Waals surface area contributed by atoms with Crippen LogP contribution in [-0.4, -0.2) is 55.7 Å². The van der Waals surface area contributed by atoms with Crippen molar-refractivity contribution in [2.75, 3.05) is 37.2 Å². The number of carbonyl (C=O) groups excluding carboxylic acids is 3. The first-order chi connectivity index (χ1) is 16.9. The van der Waals surface area contributed by atoms with Gasteiger partial charge in [-0.05, 0) is 48.3 Å². The molecule has 5 rings (SSSR count). The Balaban J connectivity index is 1.61. The van der Waals surface area contributed by atoms with Crippen LogP contribution in [0.3, 0.4) is 0 Å². The maximum Gasteiger partial charge on any atom is 0.326 e. The number of fused-ring (bicyclic) bond motifs is 2. The molecule has 0 aliphatic carbocycles. The molecule has 8 nitrogen and oxygen atoms in total. The van der Waals surface area contributed by atoms with Crippen molar-refractivity contribution in [1.82, 2.24) is 5.32 Å². The second-order valence-corrected chi connectivity index (χ2v) is 9.71. The van der Waals surface area contributed by atoms with Crippen LogP contribution in [-0.2, 0) is 19.1 Å². The molecular weight excluding hydrogens is 475 g/mol. The summed E-state index contributed by atoms with van der Waals surface area (Å²) >= 11 is 1.53. The summed E-state index contributed by atoms with van der Waals surface area (Å²) in [6.45, 7) is 0.778. The molecule has 3 heterocycles. The van der Waals surface area contributed by atoms with Crippen LogP contribution in [0.5, 0.6) is 11.5 Å². The van der Waals surface area contributed by atoms with Gasteiger partial charge in [0.2, 0.25) is 11.8 Å². The van der Waals surface area contributed by atoms with Crippen LogP contribution >= 0.6 is 11.8 Å². The van der Waals surface area contributed by atoms with E-state index in [9.17, 15) is 18.8 Å². The van der Waals surface area contributed by atoms with Gasteiger partial charge in [-0.15, -0.1) is 0 Å². The fourth-order valence-corrected chi connectivity index (χ4v) is 5.88. The molecule has 3 aliphatic heterocycles. The molecule has 0 spiro atoms. The van der Waals surface area contributed by atoms with Gasteiger partial charge >= 0.3 is 5.97 Å². The van der Waals surface area contributed by atoms with Gasteiger partial charge in [0.25, 0.3) is 0 Å². The van der Waals surface area contributed by atoms with Crippen molar-refractivity contribution in [2.24, 2.45) is 11.8 Å². The molecule has 0 bridgehead atoms. The zero-order valence-corrected chi connectivity index (χ0v) is 20.1. The Morgan fingerprint density at radius 1 is 1.14 bits per heavy atom. The van der Waals surface area contributed by atoms with Gasteiger partial charge < -0.3 is 14.2 Å². The van der Waals surface area contributed by atoms with Gasteiger partial charge in [-0.3, -0.25) is 19.7 Å². The number of carbonyl (C=O) groups is 3. The number of nitrogens with one attached hydrogen (secondary N) is 1. The summed E-state index contributed by atoms with van der Waals surface area (Å²) in [5.41, 5.74) is -0.446. The Morgan fingerprint density at radius 3 is 2.54 bits per heavy atom. The van der Waals surface area contributed by atoms with Gasteiger partial charge in [0.15, 0.2) is 11.5 Å². The average molecular weight is 501 g/mol. The number of amides is 2. The van der Waals surface area contributed by atoms with Crippen molar-refractivity contribution >= 4 is 35.2 Å². The predicted octanol–water partition coefficient (Wildman–Crippen LogP) is 2.71. The van der Waals surface area contributed by atoms with Gasteiger partial charge in [-0.25, -0.2) is 9.29 Å². The molecule has 0 saturated carbocycles. The smallest absolute Gasteiger partial charge is 0.326 e. The van der Waals surface area contributed by atoms with Gasteiger partial charge in [0, 0.05) is 12.1 Å². The molecule has 10 heteroatoms. The van der Waals surface area contributed by atoms with E-state index in [1.807, 2.05) is 6.26 Å². The average Bonchev–Trinajstić information content (AvgIpc) is 3.36. The highest BCUT2D eigenvalue weighted by atomic mass is 32.2. The van der Waals surface area contributed by atoms with Crippen molar-refractivity contribution < 1.29 is 33.0 Å². The fraction of sp³-hybridized carbons (Fsp3) is 0.400. The second kappa shape index (κ2) is 9.16. The standard InChI is InChI=1S/C25H25FN2O6S/c1-32-24(31)25(9-12-35-2)20-19(21(27-25)14-3-5-15(26)6-4-14)22(29)28(23(20)30)16-7-8-17-18(13-16)34-11-10-33-17/h3-8,13,19-21,27H,9-12H2,1-2H3/t19-,20-,21-,25+/m0/s1. The third-order valence-electron chi connectivity index (χ3n) is 6.92. The Labute approximate surface area is 206 Å². The molecular formula is C25H25FN2O6S. The first-order valence-electron chi connectivity index (χ1n) is 11.3. The van der Waals surface area contributed by atoms with Crippen LogP contribution in [0.1, 0.15) is 18.0 Å². The maximum absolute atomic E-state index is 13.9. The maximum atomic E-state index is 13.9. The summed E-state index contributed by atoms with van der Waals surface area (Å²) in [6, 6.07) is 9.94. The predicted molar refractivity (Wildman–Crippen MR) is 127 cm³/mol. The monoisotopic (exact) mass is 500 g/mol. The molecule has 0 unspecified atom stereocenters. The van der Waals surface area contributed by atoms with E-state index in [1.54, 1.807) is 30.3 Å². The largest absolute Gasteiger partial charge is 0.486 e. The van der Waals surface area contributed by atoms with Crippen LogP contribution in [0.15, 0.2) is 42.5 Å². The molecule has 0 radical (unpaired) electrons. The Bertz CT molecular complexity index is 1180. The van der Waals surface area contributed by atoms with E-state index in [1.165, 1.54) is 31.0 Å². The molecule has 1 N–H and O–H groups in total. The quantitative estimate of drug-likeness (QED) is 0.478. The van der Waals surface area contributed by atoms with E-state index in [2.05, 4.69) is 5.32 Å². The number of hydrogen-bond acceptors (Lipinski definition) is 8. The summed E-state index contributed by atoms with van der Waals surface area (Å²) in [7, 11) is 1.27. The summed E-state index contributed by atoms with van der Waals surface area (Å²) in [5, 5.41) is 3.29. The van der Waals surface area contributed by atoms with E-state index in [4.69, 9.17) is 14.2 Å². The summed E-state index contributed by atoms with van der Waals surface area (Å²) < 4.78 is 30.0. The van der Waals surface area contributed by atoms with Gasteiger partial charge in [-0.1, -0.05) is 12.1 Å². The molecule has 4 atom stereocenters. The number of esters is 1. The number of ether oxygens (including phenoxy) is 3. The number of imide groups is 1. The van der Waals surface area contributed by atoms with E-state index in [0.717, 1.165) is 4.90 Å². The highest BCUT2D eigenvalue weighted by molar-refractivity contribution is 7.98. The van der Waals surface area contributed by atoms with E-state index in [0.29, 0.717) is 41.7 Å². The van der Waals surface area contributed by atoms with Gasteiger partial charge in [-0.2, -0.15) is 11.8 Å². The highest BCUT2D eigenvalue weighted by Crippen LogP contribution is 2.52. The normalized spacial score (nSPS) is 27.2. The van der Waals surface area contributed by atoms with Crippen LogP contribution in [0.2, 0.25) is 0 Å². The minimum Gasteiger partial charge on any atom is -0.486 e. The minimum absolute atomic E-state index is 0.285. The first-order valence-corrected chi connectivity index (χ1v) is 12.7. The zero-order chi connectivity index (χ0) is 24.7. The van der Waals surface area contributed by atoms with Gasteiger partial charge in [0.1, 0.15) is 24.6 Å². The molecule has 35 heavy (non-hydrogen) atoms. The number of methoxy groups -OCH3 is 1. The lowest BCUT2D eigenvalue weighted by molar-refractivity contribution is -0.152. The Morgan fingerprint density at radius 2 is 1.86 bits per heavy atom. The molecule has 2 aromatic rings. The van der Waals surface area contributed by atoms with E-state index >= 15 is 0 Å². The molecule has 0 aromatic heterocycles. The third-order valence-corrected chi connectivity index (χ3v) is 7.53. The molecule has 2 saturated heterocycles. The van der Waals surface area contributed by atoms with Crippen LogP contribution in [0.4, 0.5) is 10.1 Å². The summed E-state index contributed by atoms with van der Waals surface area (Å²) in [5.74, 6) is -2.26. The van der Waals surface area contributed by atoms with E-state index < -0.39 is 47.0 Å². The number of halogens is 1. The van der Waals surface area contributed by atoms with Crippen LogP contribution < -0.4 is 19.7 Å². The fourth-order valence-electron chi connectivity index (χ4n) is 5.35. The molecule has 2 aromatic carbocycles. The highest BCUT2D eigenvalue weighted by Gasteiger charge is 2.68. The molecule has 3 aliphatic rings. The minimum atomic E-state index is -1.41. The number of nitrogens with zero attached hydrogens (tertiary/aromatic N) is 1. The van der Waals surface area contributed by atoms with Crippen molar-refractivity contribution in [3.05, 3.63) is 53.8 Å². The van der Waals surface area contributed by atoms with Crippen LogP contribution in [0.25, 0.3) is 0 Å². The van der Waals surface area contributed by atoms with E-state index in [-0.39, 0.29) is 6.42 Å². The molecule has 2 fully saturated rings. The zero-order valence-electron chi connectivity index (χ0n) is 19.3. The lowest BCUT2D eigenvalue weighted by Gasteiger charge is -2.32. The third kappa shape index (κ3) is 3.75.